The minimum atomic E-state index is -0.188. The van der Waals surface area contributed by atoms with E-state index in [9.17, 15) is 0 Å². The van der Waals surface area contributed by atoms with Crippen LogP contribution in [-0.2, 0) is 0 Å². The Morgan fingerprint density at radius 2 is 1.80 bits per heavy atom. The highest BCUT2D eigenvalue weighted by Gasteiger charge is 2.17. The fraction of sp³-hybridized carbons (Fsp3) is 0.389. The van der Waals surface area contributed by atoms with E-state index in [1.54, 1.807) is 6.20 Å². The molecule has 0 aliphatic carbocycles. The van der Waals surface area contributed by atoms with Gasteiger partial charge in [0.2, 0.25) is 11.8 Å². The zero-order valence-corrected chi connectivity index (χ0v) is 15.1. The van der Waals surface area contributed by atoms with E-state index in [1.165, 1.54) is 0 Å². The van der Waals surface area contributed by atoms with Crippen LogP contribution in [0.5, 0.6) is 0 Å². The molecule has 25 heavy (non-hydrogen) atoms. The van der Waals surface area contributed by atoms with Crippen molar-refractivity contribution >= 4 is 5.95 Å². The summed E-state index contributed by atoms with van der Waals surface area (Å²) >= 11 is 0. The Hall–Kier alpha value is -2.83. The van der Waals surface area contributed by atoms with Crippen LogP contribution in [0.4, 0.5) is 5.95 Å². The molecule has 0 radical (unpaired) electrons. The summed E-state index contributed by atoms with van der Waals surface area (Å²) in [6, 6.07) is 5.69. The number of rotatable bonds is 5. The van der Waals surface area contributed by atoms with Crippen LogP contribution in [0, 0.1) is 13.8 Å². The van der Waals surface area contributed by atoms with Crippen LogP contribution in [0.3, 0.4) is 0 Å². The molecule has 3 aromatic heterocycles. The molecule has 7 heteroatoms. The molecule has 3 heterocycles. The Kier molecular flexibility index (Phi) is 4.74. The Labute approximate surface area is 146 Å². The molecule has 0 aromatic carbocycles. The number of nitrogens with one attached hydrogen (secondary N) is 1. The highest BCUT2D eigenvalue weighted by atomic mass is 16.5. The smallest absolute Gasteiger partial charge is 0.248 e. The topological polar surface area (TPSA) is 89.6 Å². The van der Waals surface area contributed by atoms with Gasteiger partial charge in [0, 0.05) is 29.1 Å². The van der Waals surface area contributed by atoms with Gasteiger partial charge < -0.3 is 9.84 Å². The monoisotopic (exact) mass is 338 g/mol. The van der Waals surface area contributed by atoms with Gasteiger partial charge in [0.15, 0.2) is 5.82 Å². The molecular formula is C18H22N6O. The summed E-state index contributed by atoms with van der Waals surface area (Å²) in [5.41, 5.74) is 3.74. The van der Waals surface area contributed by atoms with Crippen LogP contribution >= 0.6 is 0 Å². The van der Waals surface area contributed by atoms with Gasteiger partial charge in [-0.25, -0.2) is 9.97 Å². The standard InChI is InChI=1S/C18H22N6O/c1-10(2)16-23-17(25-24-16)13(5)21-18-19-9-8-15(22-18)14-7-6-11(3)20-12(14)4/h6-10,13H,1-5H3,(H,19,21,22)/t13-/m0/s1. The van der Waals surface area contributed by atoms with Gasteiger partial charge >= 0.3 is 0 Å². The summed E-state index contributed by atoms with van der Waals surface area (Å²) < 4.78 is 5.32. The van der Waals surface area contributed by atoms with E-state index in [0.717, 1.165) is 22.6 Å². The summed E-state index contributed by atoms with van der Waals surface area (Å²) in [5.74, 6) is 1.95. The van der Waals surface area contributed by atoms with Crippen molar-refractivity contribution in [3.8, 4) is 11.3 Å². The van der Waals surface area contributed by atoms with Gasteiger partial charge in [-0.2, -0.15) is 4.98 Å². The molecule has 130 valence electrons. The lowest BCUT2D eigenvalue weighted by atomic mass is 10.1. The van der Waals surface area contributed by atoms with Crippen molar-refractivity contribution in [3.63, 3.8) is 0 Å². The first-order chi connectivity index (χ1) is 11.9. The molecule has 0 aliphatic rings. The number of anilines is 1. The Bertz CT molecular complexity index is 874. The molecule has 0 saturated heterocycles. The number of hydrogen-bond donors (Lipinski definition) is 1. The van der Waals surface area contributed by atoms with Crippen LogP contribution in [0.2, 0.25) is 0 Å². The minimum Gasteiger partial charge on any atom is -0.343 e. The molecule has 0 amide bonds. The highest BCUT2D eigenvalue weighted by molar-refractivity contribution is 5.62. The second kappa shape index (κ2) is 6.96. The lowest BCUT2D eigenvalue weighted by Crippen LogP contribution is -2.10. The molecule has 1 N–H and O–H groups in total. The molecule has 3 rings (SSSR count). The van der Waals surface area contributed by atoms with Crippen LogP contribution < -0.4 is 5.32 Å². The molecule has 0 bridgehead atoms. The lowest BCUT2D eigenvalue weighted by Gasteiger charge is -2.11. The molecule has 0 aliphatic heterocycles. The molecule has 1 atom stereocenters. The summed E-state index contributed by atoms with van der Waals surface area (Å²) in [6.45, 7) is 9.94. The van der Waals surface area contributed by atoms with E-state index in [2.05, 4.69) is 30.4 Å². The zero-order valence-electron chi connectivity index (χ0n) is 15.1. The van der Waals surface area contributed by atoms with Crippen LogP contribution in [0.1, 0.15) is 55.8 Å². The van der Waals surface area contributed by atoms with E-state index < -0.39 is 0 Å². The van der Waals surface area contributed by atoms with Gasteiger partial charge in [-0.05, 0) is 39.0 Å². The van der Waals surface area contributed by atoms with Gasteiger partial charge in [-0.1, -0.05) is 19.0 Å². The summed E-state index contributed by atoms with van der Waals surface area (Å²) in [6.07, 6.45) is 1.73. The molecule has 7 nitrogen and oxygen atoms in total. The predicted octanol–water partition coefficient (Wildman–Crippen LogP) is 3.83. The van der Waals surface area contributed by atoms with Crippen LogP contribution in [-0.4, -0.2) is 25.1 Å². The molecule has 0 spiro atoms. The predicted molar refractivity (Wildman–Crippen MR) is 95.2 cm³/mol. The van der Waals surface area contributed by atoms with Crippen molar-refractivity contribution in [1.82, 2.24) is 25.1 Å². The van der Waals surface area contributed by atoms with Crippen LogP contribution in [0.25, 0.3) is 11.3 Å². The Morgan fingerprint density at radius 3 is 2.48 bits per heavy atom. The largest absolute Gasteiger partial charge is 0.343 e. The van der Waals surface area contributed by atoms with E-state index in [0.29, 0.717) is 17.7 Å². The van der Waals surface area contributed by atoms with Crippen molar-refractivity contribution in [1.29, 1.82) is 0 Å². The first-order valence-corrected chi connectivity index (χ1v) is 8.31. The van der Waals surface area contributed by atoms with E-state index in [1.807, 2.05) is 52.8 Å². The zero-order chi connectivity index (χ0) is 18.0. The maximum absolute atomic E-state index is 5.32. The highest BCUT2D eigenvalue weighted by Crippen LogP contribution is 2.23. The fourth-order valence-electron chi connectivity index (χ4n) is 2.45. The van der Waals surface area contributed by atoms with Crippen molar-refractivity contribution in [2.75, 3.05) is 5.32 Å². The van der Waals surface area contributed by atoms with E-state index in [4.69, 9.17) is 4.52 Å². The van der Waals surface area contributed by atoms with Crippen LogP contribution in [0.15, 0.2) is 28.9 Å². The van der Waals surface area contributed by atoms with Gasteiger partial charge in [-0.15, -0.1) is 0 Å². The lowest BCUT2D eigenvalue weighted by molar-refractivity contribution is 0.361. The third kappa shape index (κ3) is 3.81. The Morgan fingerprint density at radius 1 is 1.00 bits per heavy atom. The van der Waals surface area contributed by atoms with E-state index in [-0.39, 0.29) is 12.0 Å². The van der Waals surface area contributed by atoms with E-state index >= 15 is 0 Å². The maximum Gasteiger partial charge on any atom is 0.248 e. The third-order valence-corrected chi connectivity index (χ3v) is 3.85. The molecule has 0 fully saturated rings. The molecule has 0 unspecified atom stereocenters. The first-order valence-electron chi connectivity index (χ1n) is 8.31. The normalized spacial score (nSPS) is 12.4. The molecular weight excluding hydrogens is 316 g/mol. The summed E-state index contributed by atoms with van der Waals surface area (Å²) in [4.78, 5) is 17.8. The van der Waals surface area contributed by atoms with Gasteiger partial charge in [0.05, 0.1) is 5.69 Å². The first kappa shape index (κ1) is 17.0. The maximum atomic E-state index is 5.32. The van der Waals surface area contributed by atoms with Gasteiger partial charge in [0.25, 0.3) is 0 Å². The average molecular weight is 338 g/mol. The summed E-state index contributed by atoms with van der Waals surface area (Å²) in [7, 11) is 0. The van der Waals surface area contributed by atoms with Crippen molar-refractivity contribution < 1.29 is 4.52 Å². The summed E-state index contributed by atoms with van der Waals surface area (Å²) in [5, 5.41) is 7.20. The SMILES string of the molecule is Cc1ccc(-c2ccnc(N[C@@H](C)c3nc(C(C)C)no3)n2)c(C)n1. The third-order valence-electron chi connectivity index (χ3n) is 3.85. The van der Waals surface area contributed by atoms with Crippen molar-refractivity contribution in [3.05, 3.63) is 47.5 Å². The number of aromatic nitrogens is 5. The minimum absolute atomic E-state index is 0.188. The van der Waals surface area contributed by atoms with Gasteiger partial charge in [-0.3, -0.25) is 4.98 Å². The quantitative estimate of drug-likeness (QED) is 0.756. The number of nitrogens with zero attached hydrogens (tertiary/aromatic N) is 5. The second-order valence-electron chi connectivity index (χ2n) is 6.36. The number of aryl methyl sites for hydroxylation is 2. The van der Waals surface area contributed by atoms with Gasteiger partial charge in [0.1, 0.15) is 6.04 Å². The fourth-order valence-corrected chi connectivity index (χ4v) is 2.45. The van der Waals surface area contributed by atoms with Crippen molar-refractivity contribution in [2.45, 2.75) is 46.6 Å². The molecule has 0 saturated carbocycles. The Balaban J connectivity index is 1.81. The number of pyridine rings is 1. The number of hydrogen-bond acceptors (Lipinski definition) is 7. The second-order valence-corrected chi connectivity index (χ2v) is 6.36. The average Bonchev–Trinajstić information content (AvgIpc) is 3.05. The molecule has 3 aromatic rings. The van der Waals surface area contributed by atoms with Crippen molar-refractivity contribution in [2.24, 2.45) is 0 Å².